The van der Waals surface area contributed by atoms with Crippen LogP contribution in [-0.2, 0) is 6.18 Å². The Morgan fingerprint density at radius 1 is 1.12 bits per heavy atom. The van der Waals surface area contributed by atoms with Gasteiger partial charge in [0.25, 0.3) is 0 Å². The molecule has 2 aromatic heterocycles. The van der Waals surface area contributed by atoms with Crippen molar-refractivity contribution in [2.75, 3.05) is 5.32 Å². The maximum atomic E-state index is 14.3. The molecule has 178 valence electrons. The highest BCUT2D eigenvalue weighted by atomic mass is 32.1. The van der Waals surface area contributed by atoms with Crippen LogP contribution in [-0.4, -0.2) is 16.1 Å². The molecular weight excluding hydrogens is 454 g/mol. The topological polar surface area (TPSA) is 47.0 Å². The molecule has 0 aliphatic rings. The molecule has 0 amide bonds. The fourth-order valence-corrected chi connectivity index (χ4v) is 4.14. The van der Waals surface area contributed by atoms with E-state index in [9.17, 15) is 17.6 Å². The van der Waals surface area contributed by atoms with Crippen LogP contribution in [0.1, 0.15) is 57.9 Å². The second kappa shape index (κ2) is 11.4. The Hall–Kier alpha value is -2.68. The summed E-state index contributed by atoms with van der Waals surface area (Å²) in [6, 6.07) is 7.05. The molecule has 0 saturated carbocycles. The minimum Gasteiger partial charge on any atom is -0.490 e. The molecule has 3 aromatic rings. The number of alkyl halides is 3. The van der Waals surface area contributed by atoms with Crippen molar-refractivity contribution in [3.8, 4) is 17.0 Å². The monoisotopic (exact) mass is 481 g/mol. The van der Waals surface area contributed by atoms with Gasteiger partial charge in [0.1, 0.15) is 11.4 Å². The standard InChI is InChI=1S/C24H27F4N3OS/c1-3-4-5-6-7-9-16(2)32-20-12-11-18(14-19(20)24(26,27)28)30-23-31-21(22(25)33-23)17-10-8-13-29-15-17/h8,10-16H,3-7,9H2,1-2H3,(H,30,31)/t16-/m1/s1. The molecule has 0 spiro atoms. The molecule has 2 heterocycles. The Labute approximate surface area is 195 Å². The molecule has 1 N–H and O–H groups in total. The molecule has 0 bridgehead atoms. The zero-order chi connectivity index (χ0) is 23.8. The average Bonchev–Trinajstić information content (AvgIpc) is 3.14. The normalized spacial score (nSPS) is 12.5. The number of hydrogen-bond acceptors (Lipinski definition) is 5. The van der Waals surface area contributed by atoms with E-state index < -0.39 is 16.9 Å². The summed E-state index contributed by atoms with van der Waals surface area (Å²) < 4.78 is 61.1. The van der Waals surface area contributed by atoms with E-state index in [1.54, 1.807) is 25.3 Å². The van der Waals surface area contributed by atoms with Crippen molar-refractivity contribution in [3.05, 3.63) is 53.4 Å². The van der Waals surface area contributed by atoms with Crippen molar-refractivity contribution in [2.45, 2.75) is 64.7 Å². The summed E-state index contributed by atoms with van der Waals surface area (Å²) in [4.78, 5) is 8.11. The Kier molecular flexibility index (Phi) is 8.66. The summed E-state index contributed by atoms with van der Waals surface area (Å²) >= 11 is 0.718. The Balaban J connectivity index is 1.72. The van der Waals surface area contributed by atoms with Crippen molar-refractivity contribution >= 4 is 22.2 Å². The number of benzene rings is 1. The second-order valence-corrected chi connectivity index (χ2v) is 8.80. The quantitative estimate of drug-likeness (QED) is 0.221. The van der Waals surface area contributed by atoms with Gasteiger partial charge in [-0.05, 0) is 50.1 Å². The first-order valence-electron chi connectivity index (χ1n) is 11.0. The molecule has 0 radical (unpaired) electrons. The highest BCUT2D eigenvalue weighted by molar-refractivity contribution is 7.14. The van der Waals surface area contributed by atoms with Gasteiger partial charge in [-0.15, -0.1) is 0 Å². The number of ether oxygens (including phenoxy) is 1. The SMILES string of the molecule is CCCCCCC[C@@H](C)Oc1ccc(Nc2nc(-c3cccnc3)c(F)s2)cc1C(F)(F)F. The van der Waals surface area contributed by atoms with Crippen LogP contribution < -0.4 is 10.1 Å². The van der Waals surface area contributed by atoms with Gasteiger partial charge < -0.3 is 10.1 Å². The summed E-state index contributed by atoms with van der Waals surface area (Å²) in [5.41, 5.74) is -0.148. The number of pyridine rings is 1. The predicted octanol–water partition coefficient (Wildman–Crippen LogP) is 8.23. The number of nitrogens with one attached hydrogen (secondary N) is 1. The van der Waals surface area contributed by atoms with Gasteiger partial charge in [-0.25, -0.2) is 4.98 Å². The van der Waals surface area contributed by atoms with Crippen molar-refractivity contribution in [1.29, 1.82) is 0 Å². The van der Waals surface area contributed by atoms with Gasteiger partial charge in [-0.1, -0.05) is 43.9 Å². The second-order valence-electron chi connectivity index (χ2n) is 7.85. The van der Waals surface area contributed by atoms with Crippen LogP contribution in [0.3, 0.4) is 0 Å². The number of rotatable bonds is 11. The van der Waals surface area contributed by atoms with Crippen molar-refractivity contribution in [3.63, 3.8) is 0 Å². The lowest BCUT2D eigenvalue weighted by atomic mass is 10.1. The van der Waals surface area contributed by atoms with Crippen molar-refractivity contribution in [1.82, 2.24) is 9.97 Å². The van der Waals surface area contributed by atoms with Crippen molar-refractivity contribution < 1.29 is 22.3 Å². The lowest BCUT2D eigenvalue weighted by Gasteiger charge is -2.19. The molecule has 0 aliphatic carbocycles. The van der Waals surface area contributed by atoms with Gasteiger partial charge in [-0.2, -0.15) is 17.6 Å². The van der Waals surface area contributed by atoms with E-state index in [4.69, 9.17) is 4.74 Å². The molecule has 1 aromatic carbocycles. The highest BCUT2D eigenvalue weighted by Crippen LogP contribution is 2.39. The number of nitrogens with zero attached hydrogens (tertiary/aromatic N) is 2. The Bertz CT molecular complexity index is 1020. The minimum atomic E-state index is -4.59. The summed E-state index contributed by atoms with van der Waals surface area (Å²) in [5.74, 6) is -0.213. The van der Waals surface area contributed by atoms with E-state index in [1.807, 2.05) is 0 Å². The van der Waals surface area contributed by atoms with Crippen molar-refractivity contribution in [2.24, 2.45) is 0 Å². The molecule has 0 saturated heterocycles. The van der Waals surface area contributed by atoms with Gasteiger partial charge >= 0.3 is 6.18 Å². The first-order valence-corrected chi connectivity index (χ1v) is 11.8. The van der Waals surface area contributed by atoms with Crippen LogP contribution in [0, 0.1) is 5.13 Å². The summed E-state index contributed by atoms with van der Waals surface area (Å²) in [6.45, 7) is 3.91. The van der Waals surface area contributed by atoms with E-state index in [0.29, 0.717) is 12.0 Å². The zero-order valence-electron chi connectivity index (χ0n) is 18.6. The molecule has 4 nitrogen and oxygen atoms in total. The molecule has 0 aliphatic heterocycles. The third-order valence-corrected chi connectivity index (χ3v) is 5.86. The molecule has 33 heavy (non-hydrogen) atoms. The number of halogens is 4. The van der Waals surface area contributed by atoms with Crippen LogP contribution >= 0.6 is 11.3 Å². The number of unbranched alkanes of at least 4 members (excludes halogenated alkanes) is 4. The fraction of sp³-hybridized carbons (Fsp3) is 0.417. The predicted molar refractivity (Wildman–Crippen MR) is 123 cm³/mol. The molecule has 1 atom stereocenters. The largest absolute Gasteiger partial charge is 0.490 e. The van der Waals surface area contributed by atoms with E-state index in [0.717, 1.165) is 49.5 Å². The van der Waals surface area contributed by atoms with Crippen LogP contribution in [0.25, 0.3) is 11.3 Å². The smallest absolute Gasteiger partial charge is 0.420 e. The van der Waals surface area contributed by atoms with E-state index in [-0.39, 0.29) is 28.4 Å². The highest BCUT2D eigenvalue weighted by Gasteiger charge is 2.35. The molecule has 0 unspecified atom stereocenters. The van der Waals surface area contributed by atoms with E-state index >= 15 is 0 Å². The third-order valence-electron chi connectivity index (χ3n) is 5.10. The zero-order valence-corrected chi connectivity index (χ0v) is 19.4. The van der Waals surface area contributed by atoms with Gasteiger partial charge in [0.2, 0.25) is 5.13 Å². The lowest BCUT2D eigenvalue weighted by molar-refractivity contribution is -0.139. The Morgan fingerprint density at radius 3 is 2.61 bits per heavy atom. The summed E-state index contributed by atoms with van der Waals surface area (Å²) in [7, 11) is 0. The summed E-state index contributed by atoms with van der Waals surface area (Å²) in [6.07, 6.45) is 4.18. The number of anilines is 2. The third kappa shape index (κ3) is 7.15. The molecule has 0 fully saturated rings. The van der Waals surface area contributed by atoms with E-state index in [1.165, 1.54) is 18.3 Å². The molecule has 3 rings (SSSR count). The summed E-state index contributed by atoms with van der Waals surface area (Å²) in [5, 5.41) is 2.37. The van der Waals surface area contributed by atoms with Gasteiger partial charge in [0, 0.05) is 23.6 Å². The van der Waals surface area contributed by atoms with Gasteiger partial charge in [0.15, 0.2) is 5.13 Å². The maximum Gasteiger partial charge on any atom is 0.420 e. The van der Waals surface area contributed by atoms with Crippen LogP contribution in [0.15, 0.2) is 42.7 Å². The van der Waals surface area contributed by atoms with E-state index in [2.05, 4.69) is 22.2 Å². The minimum absolute atomic E-state index is 0.0966. The van der Waals surface area contributed by atoms with Crippen LogP contribution in [0.4, 0.5) is 28.4 Å². The average molecular weight is 482 g/mol. The lowest BCUT2D eigenvalue weighted by Crippen LogP contribution is -2.16. The fourth-order valence-electron chi connectivity index (χ4n) is 3.40. The number of aromatic nitrogens is 2. The van der Waals surface area contributed by atoms with Crippen LogP contribution in [0.2, 0.25) is 0 Å². The maximum absolute atomic E-state index is 14.3. The molecule has 9 heteroatoms. The van der Waals surface area contributed by atoms with Crippen LogP contribution in [0.5, 0.6) is 5.75 Å². The first-order chi connectivity index (χ1) is 15.8. The van der Waals surface area contributed by atoms with Gasteiger partial charge in [-0.3, -0.25) is 4.98 Å². The van der Waals surface area contributed by atoms with Gasteiger partial charge in [0.05, 0.1) is 11.7 Å². The Morgan fingerprint density at radius 2 is 1.91 bits per heavy atom. The number of thiazole rings is 1. The molecular formula is C24H27F4N3OS. The number of hydrogen-bond donors (Lipinski definition) is 1. The first kappa shape index (κ1) is 25.0.